The van der Waals surface area contributed by atoms with E-state index in [1.54, 1.807) is 0 Å². The van der Waals surface area contributed by atoms with Gasteiger partial charge in [0.15, 0.2) is 0 Å². The summed E-state index contributed by atoms with van der Waals surface area (Å²) in [6, 6.07) is 1.45. The Morgan fingerprint density at radius 3 is 1.83 bits per heavy atom. The number of hydrogen-bond acceptors (Lipinski definition) is 0. The summed E-state index contributed by atoms with van der Waals surface area (Å²) in [6.07, 6.45) is 2.78. The van der Waals surface area contributed by atoms with Crippen LogP contribution in [0.1, 0.15) is 40.5 Å². The first-order valence-corrected chi connectivity index (χ1v) is 7.59. The van der Waals surface area contributed by atoms with Crippen molar-refractivity contribution in [2.45, 2.75) is 57.7 Å². The molecule has 12 heavy (non-hydrogen) atoms. The average molecular weight is 184 g/mol. The molecule has 0 atom stereocenters. The van der Waals surface area contributed by atoms with Crippen LogP contribution in [0.3, 0.4) is 0 Å². The summed E-state index contributed by atoms with van der Waals surface area (Å²) in [5.74, 6) is 0. The maximum absolute atomic E-state index is 5.00. The van der Waals surface area contributed by atoms with Crippen LogP contribution in [-0.4, -0.2) is 14.8 Å². The minimum atomic E-state index is -1.21. The molecule has 0 amide bonds. The number of nitrogens with zero attached hydrogens (tertiary/aromatic N) is 1. The van der Waals surface area contributed by atoms with E-state index in [-0.39, 0.29) is 0 Å². The molecule has 1 fully saturated rings. The van der Waals surface area contributed by atoms with Gasteiger partial charge in [0.25, 0.3) is 0 Å². The van der Waals surface area contributed by atoms with E-state index < -0.39 is 8.24 Å². The average Bonchev–Trinajstić information content (AvgIpc) is 2.05. The van der Waals surface area contributed by atoms with Crippen molar-refractivity contribution >= 4 is 8.24 Å². The molecule has 2 heteroatoms. The maximum Gasteiger partial charge on any atom is 0.150 e. The van der Waals surface area contributed by atoms with Crippen molar-refractivity contribution in [2.24, 2.45) is 0 Å². The smallest absolute Gasteiger partial charge is 0.150 e. The van der Waals surface area contributed by atoms with Gasteiger partial charge >= 0.3 is 0 Å². The van der Waals surface area contributed by atoms with E-state index in [0.29, 0.717) is 0 Å². The van der Waals surface area contributed by atoms with E-state index >= 15 is 0 Å². The molecule has 0 unspecified atom stereocenters. The summed E-state index contributed by atoms with van der Waals surface area (Å²) in [7, 11) is -1.21. The molecular weight excluding hydrogens is 162 g/mol. The first-order valence-electron chi connectivity index (χ1n) is 5.28. The molecule has 1 aliphatic heterocycles. The second-order valence-corrected chi connectivity index (χ2v) is 9.75. The van der Waals surface area contributed by atoms with Gasteiger partial charge < -0.3 is 0 Å². The SMILES string of the molecule is CC(C)[Si]1(C(C)C)CCCC[N]1. The lowest BCUT2D eigenvalue weighted by atomic mass is 10.3. The van der Waals surface area contributed by atoms with Crippen LogP contribution in [0.4, 0.5) is 0 Å². The second kappa shape index (κ2) is 3.92. The second-order valence-electron chi connectivity index (χ2n) is 4.64. The van der Waals surface area contributed by atoms with E-state index in [1.807, 2.05) is 0 Å². The van der Waals surface area contributed by atoms with E-state index in [1.165, 1.54) is 18.9 Å². The standard InChI is InChI=1S/C10H22NSi/c1-9(2)12(10(3)4)8-6-5-7-11-12/h9-10H,5-8H2,1-4H3. The van der Waals surface area contributed by atoms with Crippen LogP contribution in [0.25, 0.3) is 0 Å². The Bertz CT molecular complexity index is 127. The van der Waals surface area contributed by atoms with Crippen LogP contribution in [0.15, 0.2) is 0 Å². The van der Waals surface area contributed by atoms with Crippen LogP contribution in [0, 0.1) is 0 Å². The van der Waals surface area contributed by atoms with Crippen molar-refractivity contribution in [3.8, 4) is 0 Å². The van der Waals surface area contributed by atoms with Crippen molar-refractivity contribution in [1.82, 2.24) is 4.98 Å². The van der Waals surface area contributed by atoms with Crippen LogP contribution >= 0.6 is 0 Å². The molecule has 1 heterocycles. The van der Waals surface area contributed by atoms with Gasteiger partial charge in [0.1, 0.15) is 8.24 Å². The molecule has 0 aromatic carbocycles. The van der Waals surface area contributed by atoms with Gasteiger partial charge in [-0.15, -0.1) is 0 Å². The van der Waals surface area contributed by atoms with Crippen molar-refractivity contribution in [1.29, 1.82) is 0 Å². The third-order valence-electron chi connectivity index (χ3n) is 3.39. The van der Waals surface area contributed by atoms with Crippen molar-refractivity contribution in [2.75, 3.05) is 6.54 Å². The van der Waals surface area contributed by atoms with Crippen LogP contribution in [0.5, 0.6) is 0 Å². The fraction of sp³-hybridized carbons (Fsp3) is 1.00. The Hall–Kier alpha value is 0.177. The first kappa shape index (κ1) is 10.3. The summed E-state index contributed by atoms with van der Waals surface area (Å²) < 4.78 is 0. The highest BCUT2D eigenvalue weighted by Gasteiger charge is 2.41. The van der Waals surface area contributed by atoms with Gasteiger partial charge in [0, 0.05) is 6.54 Å². The molecule has 0 saturated carbocycles. The van der Waals surface area contributed by atoms with Crippen LogP contribution in [0.2, 0.25) is 17.1 Å². The molecule has 0 N–H and O–H groups in total. The van der Waals surface area contributed by atoms with Gasteiger partial charge in [-0.05, 0) is 23.5 Å². The lowest BCUT2D eigenvalue weighted by Crippen LogP contribution is -2.53. The molecular formula is C10H22NSi. The molecule has 1 rings (SSSR count). The quantitative estimate of drug-likeness (QED) is 0.585. The Kier molecular flexibility index (Phi) is 3.35. The Labute approximate surface area is 78.0 Å². The summed E-state index contributed by atoms with van der Waals surface area (Å²) in [5.41, 5.74) is 1.69. The number of hydrogen-bond donors (Lipinski definition) is 0. The van der Waals surface area contributed by atoms with Gasteiger partial charge in [-0.3, -0.25) is 4.98 Å². The van der Waals surface area contributed by atoms with Gasteiger partial charge in [0.05, 0.1) is 0 Å². The molecule has 0 bridgehead atoms. The van der Waals surface area contributed by atoms with Crippen molar-refractivity contribution in [3.05, 3.63) is 0 Å². The summed E-state index contributed by atoms with van der Waals surface area (Å²) in [6.45, 7) is 10.7. The minimum absolute atomic E-state index is 0.845. The highest BCUT2D eigenvalue weighted by Crippen LogP contribution is 2.37. The molecule has 0 aromatic rings. The lowest BCUT2D eigenvalue weighted by molar-refractivity contribution is 0.637. The van der Waals surface area contributed by atoms with Gasteiger partial charge in [0.2, 0.25) is 0 Å². The normalized spacial score (nSPS) is 23.5. The molecule has 1 saturated heterocycles. The monoisotopic (exact) mass is 184 g/mol. The zero-order valence-corrected chi connectivity index (χ0v) is 9.93. The topological polar surface area (TPSA) is 14.1 Å². The molecule has 0 aliphatic carbocycles. The fourth-order valence-electron chi connectivity index (χ4n) is 2.50. The van der Waals surface area contributed by atoms with Crippen LogP contribution in [-0.2, 0) is 0 Å². The van der Waals surface area contributed by atoms with Crippen molar-refractivity contribution in [3.63, 3.8) is 0 Å². The Morgan fingerprint density at radius 2 is 1.58 bits per heavy atom. The number of rotatable bonds is 2. The highest BCUT2D eigenvalue weighted by molar-refractivity contribution is 6.80. The molecule has 1 radical (unpaired) electrons. The van der Waals surface area contributed by atoms with Crippen molar-refractivity contribution < 1.29 is 0 Å². The Morgan fingerprint density at radius 1 is 1.00 bits per heavy atom. The van der Waals surface area contributed by atoms with E-state index in [0.717, 1.165) is 17.6 Å². The third-order valence-corrected chi connectivity index (χ3v) is 9.36. The van der Waals surface area contributed by atoms with Gasteiger partial charge in [-0.2, -0.15) is 0 Å². The molecule has 0 spiro atoms. The summed E-state index contributed by atoms with van der Waals surface area (Å²) >= 11 is 0. The molecule has 0 aromatic heterocycles. The summed E-state index contributed by atoms with van der Waals surface area (Å²) in [4.78, 5) is 5.00. The van der Waals surface area contributed by atoms with Gasteiger partial charge in [-0.25, -0.2) is 0 Å². The van der Waals surface area contributed by atoms with E-state index in [2.05, 4.69) is 27.7 Å². The zero-order valence-electron chi connectivity index (χ0n) is 8.93. The lowest BCUT2D eigenvalue weighted by Gasteiger charge is -2.41. The summed E-state index contributed by atoms with van der Waals surface area (Å²) in [5, 5.41) is 0. The Balaban J connectivity index is 2.70. The third kappa shape index (κ3) is 1.74. The largest absolute Gasteiger partial charge is 0.269 e. The minimum Gasteiger partial charge on any atom is -0.269 e. The predicted octanol–water partition coefficient (Wildman–Crippen LogP) is 3.15. The van der Waals surface area contributed by atoms with E-state index in [4.69, 9.17) is 4.98 Å². The van der Waals surface area contributed by atoms with E-state index in [9.17, 15) is 0 Å². The van der Waals surface area contributed by atoms with Gasteiger partial charge in [-0.1, -0.05) is 34.1 Å². The fourth-order valence-corrected chi connectivity index (χ4v) is 7.26. The first-order chi connectivity index (χ1) is 5.59. The molecule has 1 nitrogen and oxygen atoms in total. The predicted molar refractivity (Wildman–Crippen MR) is 57.0 cm³/mol. The van der Waals surface area contributed by atoms with Crippen LogP contribution < -0.4 is 4.98 Å². The zero-order chi connectivity index (χ0) is 9.19. The highest BCUT2D eigenvalue weighted by atomic mass is 28.3. The molecule has 1 aliphatic rings. The maximum atomic E-state index is 5.00. The molecule has 71 valence electrons.